The first-order chi connectivity index (χ1) is 12.1. The number of benzene rings is 1. The number of rotatable bonds is 6. The average molecular weight is 360 g/mol. The van der Waals surface area contributed by atoms with Crippen molar-refractivity contribution in [1.29, 1.82) is 0 Å². The largest absolute Gasteiger partial charge is 0.338 e. The fourth-order valence-electron chi connectivity index (χ4n) is 2.98. The first-order valence-corrected chi connectivity index (χ1v) is 9.85. The number of aryl methyl sites for hydroxylation is 1. The lowest BCUT2D eigenvalue weighted by atomic mass is 10.1. The summed E-state index contributed by atoms with van der Waals surface area (Å²) in [6.07, 6.45) is 2.00. The van der Waals surface area contributed by atoms with Crippen LogP contribution in [-0.4, -0.2) is 51.2 Å². The molecule has 1 amide bonds. The molecular formula is C18H24N4O2S. The van der Waals surface area contributed by atoms with E-state index in [0.29, 0.717) is 31.3 Å². The molecule has 0 unspecified atom stereocenters. The minimum Gasteiger partial charge on any atom is -0.338 e. The monoisotopic (exact) mass is 360 g/mol. The number of piperazine rings is 1. The topological polar surface area (TPSA) is 62.5 Å². The van der Waals surface area contributed by atoms with Gasteiger partial charge >= 0.3 is 0 Å². The summed E-state index contributed by atoms with van der Waals surface area (Å²) in [7, 11) is 0. The van der Waals surface area contributed by atoms with Gasteiger partial charge in [0.05, 0.1) is 18.3 Å². The number of aromatic nitrogens is 2. The highest BCUT2D eigenvalue weighted by Gasteiger charge is 2.32. The first-order valence-electron chi connectivity index (χ1n) is 8.45. The van der Waals surface area contributed by atoms with Crippen molar-refractivity contribution in [3.63, 3.8) is 0 Å². The molecule has 25 heavy (non-hydrogen) atoms. The van der Waals surface area contributed by atoms with Crippen molar-refractivity contribution in [2.75, 3.05) is 19.3 Å². The van der Waals surface area contributed by atoms with E-state index in [1.165, 1.54) is 11.1 Å². The van der Waals surface area contributed by atoms with Gasteiger partial charge in [0.2, 0.25) is 11.8 Å². The van der Waals surface area contributed by atoms with E-state index in [1.807, 2.05) is 18.1 Å². The second kappa shape index (κ2) is 8.01. The van der Waals surface area contributed by atoms with Crippen LogP contribution in [0.2, 0.25) is 0 Å². The average Bonchev–Trinajstić information content (AvgIpc) is 3.04. The zero-order valence-electron chi connectivity index (χ0n) is 14.9. The third-order valence-electron chi connectivity index (χ3n) is 4.49. The van der Waals surface area contributed by atoms with E-state index in [4.69, 9.17) is 4.52 Å². The summed E-state index contributed by atoms with van der Waals surface area (Å²) >= 11 is 1.66. The minimum atomic E-state index is -0.185. The zero-order chi connectivity index (χ0) is 17.8. The fraction of sp³-hybridized carbons (Fsp3) is 0.500. The molecule has 1 saturated heterocycles. The lowest BCUT2D eigenvalue weighted by molar-refractivity contribution is -0.142. The molecule has 2 aromatic rings. The molecule has 1 aliphatic rings. The van der Waals surface area contributed by atoms with Gasteiger partial charge in [0.25, 0.3) is 0 Å². The Kier molecular flexibility index (Phi) is 5.75. The number of carbonyl (C=O) groups is 1. The third-order valence-corrected chi connectivity index (χ3v) is 5.04. The van der Waals surface area contributed by atoms with Crippen LogP contribution in [0.15, 0.2) is 28.8 Å². The summed E-state index contributed by atoms with van der Waals surface area (Å²) < 4.78 is 5.30. The van der Waals surface area contributed by atoms with Crippen LogP contribution in [0.25, 0.3) is 0 Å². The third kappa shape index (κ3) is 4.41. The van der Waals surface area contributed by atoms with Crippen molar-refractivity contribution in [2.24, 2.45) is 0 Å². The van der Waals surface area contributed by atoms with Crippen molar-refractivity contribution in [1.82, 2.24) is 19.9 Å². The molecule has 6 nitrogen and oxygen atoms in total. The molecule has 1 aliphatic heterocycles. The highest BCUT2D eigenvalue weighted by molar-refractivity contribution is 7.97. The van der Waals surface area contributed by atoms with Crippen LogP contribution in [0, 0.1) is 6.92 Å². The second-order valence-electron chi connectivity index (χ2n) is 6.43. The first kappa shape index (κ1) is 17.9. The molecule has 7 heteroatoms. The Morgan fingerprint density at radius 2 is 2.00 bits per heavy atom. The van der Waals surface area contributed by atoms with Gasteiger partial charge in [-0.2, -0.15) is 16.7 Å². The van der Waals surface area contributed by atoms with Gasteiger partial charge in [-0.05, 0) is 25.7 Å². The highest BCUT2D eigenvalue weighted by Crippen LogP contribution is 2.17. The maximum atomic E-state index is 12.7. The standard InChI is InChI=1S/C18H24N4O2S/c1-13-4-6-15(7-5-13)10-22-9-8-21(14(2)18(22)23)11-17-19-16(12-25-3)20-24-17/h4-7,14H,8-12H2,1-3H3/t14-/m0/s1. The number of hydrogen-bond acceptors (Lipinski definition) is 6. The van der Waals surface area contributed by atoms with Gasteiger partial charge in [0.15, 0.2) is 5.82 Å². The second-order valence-corrected chi connectivity index (χ2v) is 7.30. The number of hydrogen-bond donors (Lipinski definition) is 0. The van der Waals surface area contributed by atoms with Crippen LogP contribution in [0.5, 0.6) is 0 Å². The highest BCUT2D eigenvalue weighted by atomic mass is 32.2. The molecule has 0 aliphatic carbocycles. The van der Waals surface area contributed by atoms with E-state index in [1.54, 1.807) is 11.8 Å². The molecular weight excluding hydrogens is 336 g/mol. The van der Waals surface area contributed by atoms with E-state index in [9.17, 15) is 4.79 Å². The SMILES string of the molecule is CSCc1noc(CN2CCN(Cc3ccc(C)cc3)C(=O)[C@@H]2C)n1. The molecule has 2 heterocycles. The lowest BCUT2D eigenvalue weighted by Gasteiger charge is -2.38. The van der Waals surface area contributed by atoms with Crippen molar-refractivity contribution >= 4 is 17.7 Å². The summed E-state index contributed by atoms with van der Waals surface area (Å²) in [6, 6.07) is 8.16. The van der Waals surface area contributed by atoms with Crippen LogP contribution >= 0.6 is 11.8 Å². The lowest BCUT2D eigenvalue weighted by Crippen LogP contribution is -2.54. The molecule has 1 fully saturated rings. The quantitative estimate of drug-likeness (QED) is 0.789. The summed E-state index contributed by atoms with van der Waals surface area (Å²) in [6.45, 7) is 6.71. The maximum Gasteiger partial charge on any atom is 0.240 e. The van der Waals surface area contributed by atoms with E-state index in [-0.39, 0.29) is 11.9 Å². The van der Waals surface area contributed by atoms with Crippen LogP contribution in [0.1, 0.15) is 29.8 Å². The van der Waals surface area contributed by atoms with Crippen LogP contribution in [0.4, 0.5) is 0 Å². The number of thioether (sulfide) groups is 1. The normalized spacial score (nSPS) is 18.8. The fourth-order valence-corrected chi connectivity index (χ4v) is 3.35. The van der Waals surface area contributed by atoms with Gasteiger partial charge in [-0.1, -0.05) is 35.0 Å². The molecule has 1 aromatic carbocycles. The molecule has 1 atom stereocenters. The maximum absolute atomic E-state index is 12.7. The van der Waals surface area contributed by atoms with Crippen molar-refractivity contribution < 1.29 is 9.32 Å². The smallest absolute Gasteiger partial charge is 0.240 e. The van der Waals surface area contributed by atoms with Gasteiger partial charge < -0.3 is 9.42 Å². The summed E-state index contributed by atoms with van der Waals surface area (Å²) in [4.78, 5) is 21.1. The number of nitrogens with zero attached hydrogens (tertiary/aromatic N) is 4. The Morgan fingerprint density at radius 3 is 2.72 bits per heavy atom. The van der Waals surface area contributed by atoms with E-state index in [2.05, 4.69) is 46.2 Å². The Balaban J connectivity index is 1.59. The molecule has 0 spiro atoms. The van der Waals surface area contributed by atoms with Crippen LogP contribution in [0.3, 0.4) is 0 Å². The van der Waals surface area contributed by atoms with Crippen LogP contribution < -0.4 is 0 Å². The molecule has 0 bridgehead atoms. The number of carbonyl (C=O) groups excluding carboxylic acids is 1. The van der Waals surface area contributed by atoms with E-state index >= 15 is 0 Å². The van der Waals surface area contributed by atoms with Gasteiger partial charge in [-0.3, -0.25) is 9.69 Å². The molecule has 1 aromatic heterocycles. The number of amides is 1. The molecule has 0 saturated carbocycles. The minimum absolute atomic E-state index is 0.149. The van der Waals surface area contributed by atoms with E-state index in [0.717, 1.165) is 12.3 Å². The molecule has 3 rings (SSSR count). The van der Waals surface area contributed by atoms with Gasteiger partial charge in [-0.15, -0.1) is 0 Å². The summed E-state index contributed by atoms with van der Waals surface area (Å²) in [5, 5.41) is 3.96. The Bertz CT molecular complexity index is 716. The predicted octanol–water partition coefficient (Wildman–Crippen LogP) is 2.47. The van der Waals surface area contributed by atoms with E-state index < -0.39 is 0 Å². The van der Waals surface area contributed by atoms with Crippen molar-refractivity contribution in [3.05, 3.63) is 47.1 Å². The Hall–Kier alpha value is -1.86. The Morgan fingerprint density at radius 1 is 1.24 bits per heavy atom. The van der Waals surface area contributed by atoms with Crippen LogP contribution in [-0.2, 0) is 23.6 Å². The summed E-state index contributed by atoms with van der Waals surface area (Å²) in [5.74, 6) is 2.17. The zero-order valence-corrected chi connectivity index (χ0v) is 15.8. The van der Waals surface area contributed by atoms with Crippen molar-refractivity contribution in [2.45, 2.75) is 38.7 Å². The van der Waals surface area contributed by atoms with Gasteiger partial charge in [0.1, 0.15) is 0 Å². The Labute approximate surface area is 152 Å². The van der Waals surface area contributed by atoms with Crippen molar-refractivity contribution in [3.8, 4) is 0 Å². The predicted molar refractivity (Wildman–Crippen MR) is 98.0 cm³/mol. The van der Waals surface area contributed by atoms with Gasteiger partial charge in [-0.25, -0.2) is 0 Å². The van der Waals surface area contributed by atoms with Gasteiger partial charge in [0, 0.05) is 19.6 Å². The molecule has 0 radical (unpaired) electrons. The molecule has 134 valence electrons. The molecule has 0 N–H and O–H groups in total. The summed E-state index contributed by atoms with van der Waals surface area (Å²) in [5.41, 5.74) is 2.40.